The molecule has 0 bridgehead atoms. The number of carbonyl (C=O) groups excluding carboxylic acids is 2. The van der Waals surface area contributed by atoms with Crippen LogP contribution in [-0.4, -0.2) is 18.4 Å². The van der Waals surface area contributed by atoms with E-state index in [0.29, 0.717) is 35.7 Å². The highest BCUT2D eigenvalue weighted by Crippen LogP contribution is 2.17. The Morgan fingerprint density at radius 1 is 0.958 bits per heavy atom. The highest BCUT2D eigenvalue weighted by Gasteiger charge is 2.08. The zero-order valence-corrected chi connectivity index (χ0v) is 14.0. The minimum atomic E-state index is -0.206. The first-order valence-corrected chi connectivity index (χ1v) is 8.06. The van der Waals surface area contributed by atoms with Crippen LogP contribution >= 0.6 is 0 Å². The molecular weight excluding hydrogens is 304 g/mol. The predicted octanol–water partition coefficient (Wildman–Crippen LogP) is 4.08. The summed E-state index contributed by atoms with van der Waals surface area (Å²) in [6.45, 7) is 4.45. The monoisotopic (exact) mass is 326 g/mol. The van der Waals surface area contributed by atoms with Crippen LogP contribution < -0.4 is 15.4 Å². The van der Waals surface area contributed by atoms with Crippen molar-refractivity contribution in [2.24, 2.45) is 0 Å². The second-order valence-electron chi connectivity index (χ2n) is 5.31. The van der Waals surface area contributed by atoms with E-state index in [9.17, 15) is 9.59 Å². The van der Waals surface area contributed by atoms with Crippen LogP contribution in [0.2, 0.25) is 0 Å². The fourth-order valence-electron chi connectivity index (χ4n) is 2.04. The van der Waals surface area contributed by atoms with E-state index in [4.69, 9.17) is 4.74 Å². The molecule has 5 nitrogen and oxygen atoms in total. The molecule has 0 unspecified atom stereocenters. The number of hydrogen-bond acceptors (Lipinski definition) is 3. The molecule has 0 radical (unpaired) electrons. The number of nitrogens with one attached hydrogen (secondary N) is 2. The van der Waals surface area contributed by atoms with Gasteiger partial charge in [0.15, 0.2) is 0 Å². The smallest absolute Gasteiger partial charge is 0.255 e. The van der Waals surface area contributed by atoms with Gasteiger partial charge in [-0.15, -0.1) is 0 Å². The average molecular weight is 326 g/mol. The van der Waals surface area contributed by atoms with E-state index in [2.05, 4.69) is 10.6 Å². The maximum Gasteiger partial charge on any atom is 0.255 e. The van der Waals surface area contributed by atoms with E-state index >= 15 is 0 Å². The van der Waals surface area contributed by atoms with Gasteiger partial charge < -0.3 is 15.4 Å². The SMILES string of the molecule is CCCOc1cccc(C(=O)Nc2ccc(NC(=O)CC)cc2)c1. The molecule has 0 saturated carbocycles. The van der Waals surface area contributed by atoms with Crippen molar-refractivity contribution in [2.75, 3.05) is 17.2 Å². The number of amides is 2. The van der Waals surface area contributed by atoms with Gasteiger partial charge in [0.05, 0.1) is 6.61 Å². The first kappa shape index (κ1) is 17.5. The molecule has 2 amide bonds. The highest BCUT2D eigenvalue weighted by molar-refractivity contribution is 6.04. The van der Waals surface area contributed by atoms with Crippen LogP contribution in [-0.2, 0) is 4.79 Å². The summed E-state index contributed by atoms with van der Waals surface area (Å²) in [5.74, 6) is 0.431. The Balaban J connectivity index is 2.00. The zero-order valence-electron chi connectivity index (χ0n) is 14.0. The summed E-state index contributed by atoms with van der Waals surface area (Å²) in [6, 6.07) is 14.1. The Kier molecular flexibility index (Phi) is 6.37. The fourth-order valence-corrected chi connectivity index (χ4v) is 2.04. The maximum atomic E-state index is 12.3. The lowest BCUT2D eigenvalue weighted by molar-refractivity contribution is -0.115. The second-order valence-corrected chi connectivity index (χ2v) is 5.31. The minimum Gasteiger partial charge on any atom is -0.494 e. The molecule has 0 spiro atoms. The standard InChI is InChI=1S/C19H22N2O3/c1-3-12-24-17-7-5-6-14(13-17)19(23)21-16-10-8-15(9-11-16)20-18(22)4-2/h5-11,13H,3-4,12H2,1-2H3,(H,20,22)(H,21,23). The van der Waals surface area contributed by atoms with E-state index < -0.39 is 0 Å². The Morgan fingerprint density at radius 3 is 2.25 bits per heavy atom. The summed E-state index contributed by atoms with van der Waals surface area (Å²) in [4.78, 5) is 23.7. The lowest BCUT2D eigenvalue weighted by Crippen LogP contribution is -2.12. The molecule has 0 aromatic heterocycles. The van der Waals surface area contributed by atoms with Gasteiger partial charge in [-0.05, 0) is 48.9 Å². The molecule has 0 saturated heterocycles. The number of benzene rings is 2. The van der Waals surface area contributed by atoms with Crippen LogP contribution in [0.4, 0.5) is 11.4 Å². The van der Waals surface area contributed by atoms with Crippen molar-refractivity contribution in [3.63, 3.8) is 0 Å². The zero-order chi connectivity index (χ0) is 17.4. The molecule has 2 aromatic rings. The minimum absolute atomic E-state index is 0.0457. The van der Waals surface area contributed by atoms with Crippen LogP contribution in [0.3, 0.4) is 0 Å². The lowest BCUT2D eigenvalue weighted by atomic mass is 10.2. The Labute approximate surface area is 142 Å². The summed E-state index contributed by atoms with van der Waals surface area (Å²) >= 11 is 0. The topological polar surface area (TPSA) is 67.4 Å². The van der Waals surface area contributed by atoms with E-state index in [1.54, 1.807) is 49.4 Å². The molecular formula is C19H22N2O3. The van der Waals surface area contributed by atoms with E-state index in [-0.39, 0.29) is 11.8 Å². The Hall–Kier alpha value is -2.82. The molecule has 0 aliphatic heterocycles. The molecule has 0 heterocycles. The molecule has 5 heteroatoms. The van der Waals surface area contributed by atoms with E-state index in [1.807, 2.05) is 13.0 Å². The first-order chi connectivity index (χ1) is 11.6. The summed E-state index contributed by atoms with van der Waals surface area (Å²) in [6.07, 6.45) is 1.34. The van der Waals surface area contributed by atoms with Gasteiger partial charge in [-0.3, -0.25) is 9.59 Å². The number of carbonyl (C=O) groups is 2. The lowest BCUT2D eigenvalue weighted by Gasteiger charge is -2.09. The van der Waals surface area contributed by atoms with Gasteiger partial charge in [0, 0.05) is 23.4 Å². The highest BCUT2D eigenvalue weighted by atomic mass is 16.5. The van der Waals surface area contributed by atoms with Gasteiger partial charge in [0.1, 0.15) is 5.75 Å². The third kappa shape index (κ3) is 5.12. The van der Waals surface area contributed by atoms with Crippen molar-refractivity contribution in [1.29, 1.82) is 0 Å². The third-order valence-electron chi connectivity index (χ3n) is 3.32. The molecule has 0 aliphatic carbocycles. The van der Waals surface area contributed by atoms with Crippen molar-refractivity contribution >= 4 is 23.2 Å². The number of anilines is 2. The van der Waals surface area contributed by atoms with Crippen molar-refractivity contribution in [1.82, 2.24) is 0 Å². The van der Waals surface area contributed by atoms with Gasteiger partial charge in [0.25, 0.3) is 5.91 Å². The molecule has 0 aliphatic rings. The van der Waals surface area contributed by atoms with Gasteiger partial charge in [-0.1, -0.05) is 19.9 Å². The van der Waals surface area contributed by atoms with Crippen LogP contribution in [0.15, 0.2) is 48.5 Å². The largest absolute Gasteiger partial charge is 0.494 e. The van der Waals surface area contributed by atoms with Crippen LogP contribution in [0.25, 0.3) is 0 Å². The fraction of sp³-hybridized carbons (Fsp3) is 0.263. The molecule has 126 valence electrons. The Morgan fingerprint density at radius 2 is 1.62 bits per heavy atom. The molecule has 0 atom stereocenters. The first-order valence-electron chi connectivity index (χ1n) is 8.06. The number of ether oxygens (including phenoxy) is 1. The van der Waals surface area contributed by atoms with Crippen LogP contribution in [0.1, 0.15) is 37.0 Å². The van der Waals surface area contributed by atoms with Gasteiger partial charge in [0.2, 0.25) is 5.91 Å². The number of rotatable bonds is 7. The van der Waals surface area contributed by atoms with Crippen LogP contribution in [0.5, 0.6) is 5.75 Å². The van der Waals surface area contributed by atoms with E-state index in [0.717, 1.165) is 6.42 Å². The molecule has 0 fully saturated rings. The van der Waals surface area contributed by atoms with Gasteiger partial charge in [-0.2, -0.15) is 0 Å². The third-order valence-corrected chi connectivity index (χ3v) is 3.32. The van der Waals surface area contributed by atoms with Crippen molar-refractivity contribution in [3.05, 3.63) is 54.1 Å². The van der Waals surface area contributed by atoms with Crippen molar-refractivity contribution in [2.45, 2.75) is 26.7 Å². The Bertz CT molecular complexity index is 696. The van der Waals surface area contributed by atoms with Crippen molar-refractivity contribution < 1.29 is 14.3 Å². The summed E-state index contributed by atoms with van der Waals surface area (Å²) in [7, 11) is 0. The molecule has 2 aromatic carbocycles. The quantitative estimate of drug-likeness (QED) is 0.806. The van der Waals surface area contributed by atoms with Gasteiger partial charge in [-0.25, -0.2) is 0 Å². The summed E-state index contributed by atoms with van der Waals surface area (Å²) in [5.41, 5.74) is 1.90. The van der Waals surface area contributed by atoms with Crippen molar-refractivity contribution in [3.8, 4) is 5.75 Å². The van der Waals surface area contributed by atoms with Crippen LogP contribution in [0, 0.1) is 0 Å². The van der Waals surface area contributed by atoms with E-state index in [1.165, 1.54) is 0 Å². The average Bonchev–Trinajstić information content (AvgIpc) is 2.61. The normalized spacial score (nSPS) is 10.1. The second kappa shape index (κ2) is 8.72. The molecule has 2 N–H and O–H groups in total. The maximum absolute atomic E-state index is 12.3. The molecule has 24 heavy (non-hydrogen) atoms. The molecule has 2 rings (SSSR count). The summed E-state index contributed by atoms with van der Waals surface area (Å²) in [5, 5.41) is 5.59. The van der Waals surface area contributed by atoms with Gasteiger partial charge >= 0.3 is 0 Å². The predicted molar refractivity (Wildman–Crippen MR) is 95.5 cm³/mol. The number of hydrogen-bond donors (Lipinski definition) is 2. The summed E-state index contributed by atoms with van der Waals surface area (Å²) < 4.78 is 5.54.